The van der Waals surface area contributed by atoms with Crippen LogP contribution in [0.3, 0.4) is 0 Å². The number of thioether (sulfide) groups is 1. The predicted molar refractivity (Wildman–Crippen MR) is 82.3 cm³/mol. The highest BCUT2D eigenvalue weighted by molar-refractivity contribution is 7.98. The number of nitro groups is 1. The fourth-order valence-electron chi connectivity index (χ4n) is 1.74. The van der Waals surface area contributed by atoms with E-state index in [-0.39, 0.29) is 11.3 Å². The van der Waals surface area contributed by atoms with E-state index in [2.05, 4.69) is 10.6 Å². The summed E-state index contributed by atoms with van der Waals surface area (Å²) in [5.41, 5.74) is -0.216. The van der Waals surface area contributed by atoms with Gasteiger partial charge in [-0.1, -0.05) is 6.92 Å². The van der Waals surface area contributed by atoms with E-state index in [4.69, 9.17) is 4.74 Å². The lowest BCUT2D eigenvalue weighted by Gasteiger charge is -2.10. The van der Waals surface area contributed by atoms with Gasteiger partial charge in [0.1, 0.15) is 11.3 Å². The summed E-state index contributed by atoms with van der Waals surface area (Å²) in [5.74, 6) is -0.0732. The van der Waals surface area contributed by atoms with E-state index in [0.29, 0.717) is 23.7 Å². The van der Waals surface area contributed by atoms with Crippen LogP contribution in [0.2, 0.25) is 0 Å². The van der Waals surface area contributed by atoms with Crippen molar-refractivity contribution >= 4 is 23.4 Å². The van der Waals surface area contributed by atoms with Gasteiger partial charge in [-0.25, -0.2) is 0 Å². The first-order valence-corrected chi connectivity index (χ1v) is 7.66. The van der Waals surface area contributed by atoms with Crippen molar-refractivity contribution < 1.29 is 14.5 Å². The van der Waals surface area contributed by atoms with E-state index in [9.17, 15) is 14.9 Å². The second-order valence-electron chi connectivity index (χ2n) is 4.09. The number of nitrogens with zero attached hydrogens (tertiary/aromatic N) is 1. The molecule has 1 amide bonds. The Morgan fingerprint density at radius 2 is 2.14 bits per heavy atom. The number of hydrogen-bond acceptors (Lipinski definition) is 6. The van der Waals surface area contributed by atoms with Crippen molar-refractivity contribution in [2.24, 2.45) is 0 Å². The molecule has 0 aliphatic heterocycles. The van der Waals surface area contributed by atoms with Gasteiger partial charge in [0.05, 0.1) is 23.0 Å². The van der Waals surface area contributed by atoms with Gasteiger partial charge in [-0.15, -0.1) is 11.8 Å². The molecule has 0 fully saturated rings. The summed E-state index contributed by atoms with van der Waals surface area (Å²) >= 11 is 1.36. The molecule has 21 heavy (non-hydrogen) atoms. The molecule has 0 heterocycles. The lowest BCUT2D eigenvalue weighted by molar-refractivity contribution is -0.385. The quantitative estimate of drug-likeness (QED) is 0.328. The lowest BCUT2D eigenvalue weighted by atomic mass is 10.1. The molecule has 0 unspecified atom stereocenters. The number of benzene rings is 1. The first-order valence-electron chi connectivity index (χ1n) is 6.44. The number of nitro benzene ring substituents is 1. The highest BCUT2D eigenvalue weighted by atomic mass is 32.2. The van der Waals surface area contributed by atoms with Crippen molar-refractivity contribution in [1.82, 2.24) is 10.6 Å². The molecule has 116 valence electrons. The number of nitrogens with one attached hydrogen (secondary N) is 2. The Morgan fingerprint density at radius 3 is 2.67 bits per heavy atom. The molecule has 2 N–H and O–H groups in total. The summed E-state index contributed by atoms with van der Waals surface area (Å²) in [6, 6.07) is 2.77. The van der Waals surface area contributed by atoms with Gasteiger partial charge in [0.15, 0.2) is 0 Å². The van der Waals surface area contributed by atoms with Crippen molar-refractivity contribution in [3.63, 3.8) is 0 Å². The Balaban J connectivity index is 3.03. The number of methoxy groups -OCH3 is 1. The first-order chi connectivity index (χ1) is 10.0. The highest BCUT2D eigenvalue weighted by Gasteiger charge is 2.23. The summed E-state index contributed by atoms with van der Waals surface area (Å²) in [6.45, 7) is 3.78. The van der Waals surface area contributed by atoms with Crippen molar-refractivity contribution in [3.05, 3.63) is 27.8 Å². The molecule has 0 atom stereocenters. The van der Waals surface area contributed by atoms with Gasteiger partial charge in [-0.2, -0.15) is 0 Å². The van der Waals surface area contributed by atoms with Crippen LogP contribution in [0, 0.1) is 10.1 Å². The molecule has 1 aromatic carbocycles. The maximum atomic E-state index is 12.1. The van der Waals surface area contributed by atoms with E-state index in [1.165, 1.54) is 31.0 Å². The van der Waals surface area contributed by atoms with Crippen molar-refractivity contribution in [1.29, 1.82) is 0 Å². The standard InChI is InChI=1S/C13H19N3O4S/c1-4-14-5-6-15-13(17)9-7-12(21-3)11(20-2)8-10(9)16(18)19/h7-8,14H,4-6H2,1-3H3,(H,15,17). The SMILES string of the molecule is CCNCCNC(=O)c1cc(SC)c(OC)cc1[N+](=O)[O-]. The molecule has 0 aliphatic rings. The third-order valence-electron chi connectivity index (χ3n) is 2.78. The number of carbonyl (C=O) groups is 1. The van der Waals surface area contributed by atoms with Crippen LogP contribution in [0.4, 0.5) is 5.69 Å². The molecule has 0 aliphatic carbocycles. The Kier molecular flexibility index (Phi) is 6.97. The van der Waals surface area contributed by atoms with Crippen molar-refractivity contribution in [2.45, 2.75) is 11.8 Å². The van der Waals surface area contributed by atoms with Crippen LogP contribution in [-0.2, 0) is 0 Å². The fraction of sp³-hybridized carbons (Fsp3) is 0.462. The van der Waals surface area contributed by atoms with Crippen LogP contribution in [0.25, 0.3) is 0 Å². The zero-order chi connectivity index (χ0) is 15.8. The second-order valence-corrected chi connectivity index (χ2v) is 4.94. The zero-order valence-electron chi connectivity index (χ0n) is 12.3. The van der Waals surface area contributed by atoms with E-state index in [1.54, 1.807) is 0 Å². The van der Waals surface area contributed by atoms with E-state index in [1.807, 2.05) is 13.2 Å². The minimum absolute atomic E-state index is 0.0432. The Hall–Kier alpha value is -1.80. The van der Waals surface area contributed by atoms with Gasteiger partial charge < -0.3 is 15.4 Å². The number of hydrogen-bond donors (Lipinski definition) is 2. The highest BCUT2D eigenvalue weighted by Crippen LogP contribution is 2.34. The lowest BCUT2D eigenvalue weighted by Crippen LogP contribution is -2.32. The summed E-state index contributed by atoms with van der Waals surface area (Å²) in [6.07, 6.45) is 1.82. The zero-order valence-corrected chi connectivity index (χ0v) is 13.1. The van der Waals surface area contributed by atoms with Gasteiger partial charge in [0.2, 0.25) is 0 Å². The van der Waals surface area contributed by atoms with Gasteiger partial charge in [0.25, 0.3) is 11.6 Å². The number of rotatable bonds is 8. The smallest absolute Gasteiger partial charge is 0.285 e. The average Bonchev–Trinajstić information content (AvgIpc) is 2.49. The van der Waals surface area contributed by atoms with Crippen molar-refractivity contribution in [3.8, 4) is 5.75 Å². The Bertz CT molecular complexity index is 522. The van der Waals surface area contributed by atoms with Crippen LogP contribution < -0.4 is 15.4 Å². The third-order valence-corrected chi connectivity index (χ3v) is 3.54. The van der Waals surface area contributed by atoms with Gasteiger partial charge in [0, 0.05) is 13.1 Å². The van der Waals surface area contributed by atoms with E-state index < -0.39 is 10.8 Å². The molecule has 0 radical (unpaired) electrons. The second kappa shape index (κ2) is 8.48. The van der Waals surface area contributed by atoms with Crippen LogP contribution in [0.5, 0.6) is 5.75 Å². The number of ether oxygens (including phenoxy) is 1. The Labute approximate surface area is 127 Å². The van der Waals surface area contributed by atoms with Crippen LogP contribution in [0.15, 0.2) is 17.0 Å². The summed E-state index contributed by atoms with van der Waals surface area (Å²) in [7, 11) is 1.44. The molecule has 7 nitrogen and oxygen atoms in total. The first kappa shape index (κ1) is 17.3. The largest absolute Gasteiger partial charge is 0.495 e. The number of likely N-dealkylation sites (N-methyl/N-ethyl adjacent to an activating group) is 1. The number of amides is 1. The fourth-order valence-corrected chi connectivity index (χ4v) is 2.32. The molecule has 0 spiro atoms. The van der Waals surface area contributed by atoms with Gasteiger partial charge in [-0.3, -0.25) is 14.9 Å². The minimum atomic E-state index is -0.578. The third kappa shape index (κ3) is 4.61. The maximum Gasteiger partial charge on any atom is 0.285 e. The molecular weight excluding hydrogens is 294 g/mol. The molecule has 0 aromatic heterocycles. The van der Waals surface area contributed by atoms with Crippen LogP contribution in [-0.4, -0.2) is 43.8 Å². The monoisotopic (exact) mass is 313 g/mol. The molecule has 1 rings (SSSR count). The molecule has 0 bridgehead atoms. The minimum Gasteiger partial charge on any atom is -0.495 e. The molecule has 8 heteroatoms. The maximum absolute atomic E-state index is 12.1. The predicted octanol–water partition coefficient (Wildman–Crippen LogP) is 1.66. The van der Waals surface area contributed by atoms with Gasteiger partial charge in [-0.05, 0) is 18.9 Å². The summed E-state index contributed by atoms with van der Waals surface area (Å²) < 4.78 is 5.11. The van der Waals surface area contributed by atoms with Crippen LogP contribution in [0.1, 0.15) is 17.3 Å². The van der Waals surface area contributed by atoms with E-state index >= 15 is 0 Å². The molecule has 0 saturated heterocycles. The summed E-state index contributed by atoms with van der Waals surface area (Å²) in [4.78, 5) is 23.3. The topological polar surface area (TPSA) is 93.5 Å². The molecule has 1 aromatic rings. The van der Waals surface area contributed by atoms with E-state index in [0.717, 1.165) is 6.54 Å². The molecular formula is C13H19N3O4S. The van der Waals surface area contributed by atoms with Gasteiger partial charge >= 0.3 is 0 Å². The molecule has 0 saturated carbocycles. The number of carbonyl (C=O) groups excluding carboxylic acids is 1. The average molecular weight is 313 g/mol. The Morgan fingerprint density at radius 1 is 1.43 bits per heavy atom. The normalized spacial score (nSPS) is 10.2. The van der Waals surface area contributed by atoms with Crippen molar-refractivity contribution in [2.75, 3.05) is 33.0 Å². The summed E-state index contributed by atoms with van der Waals surface area (Å²) in [5, 5.41) is 16.8. The van der Waals surface area contributed by atoms with Crippen LogP contribution >= 0.6 is 11.8 Å².